The van der Waals surface area contributed by atoms with Crippen molar-refractivity contribution in [3.8, 4) is 0 Å². The Morgan fingerprint density at radius 1 is 0.818 bits per heavy atom. The van der Waals surface area contributed by atoms with Gasteiger partial charge in [-0.1, -0.05) is 25.5 Å². The number of ether oxygens (including phenoxy) is 1. The molecule has 0 bridgehead atoms. The molecule has 2 aromatic rings. The monoisotopic (exact) mass is 480 g/mol. The minimum atomic E-state index is -5.79. The summed E-state index contributed by atoms with van der Waals surface area (Å²) in [6.45, 7) is 2.16. The first-order valence-corrected chi connectivity index (χ1v) is 10.8. The lowest BCUT2D eigenvalue weighted by Crippen LogP contribution is -2.29. The summed E-state index contributed by atoms with van der Waals surface area (Å²) in [7, 11) is 0. The van der Waals surface area contributed by atoms with Gasteiger partial charge in [-0.05, 0) is 85.3 Å². The summed E-state index contributed by atoms with van der Waals surface area (Å²) >= 11 is 0. The normalized spacial score (nSPS) is 19.7. The van der Waals surface area contributed by atoms with Crippen LogP contribution in [0.5, 0.6) is 0 Å². The third kappa shape index (κ3) is 6.46. The Bertz CT molecular complexity index is 938. The molecule has 1 saturated carbocycles. The Labute approximate surface area is 186 Å². The van der Waals surface area contributed by atoms with Crippen molar-refractivity contribution in [3.63, 3.8) is 0 Å². The van der Waals surface area contributed by atoms with E-state index in [-0.39, 0.29) is 29.9 Å². The lowest BCUT2D eigenvalue weighted by molar-refractivity contribution is -0.432. The highest BCUT2D eigenvalue weighted by atomic mass is 19.4. The van der Waals surface area contributed by atoms with Gasteiger partial charge in [0.05, 0.1) is 0 Å². The zero-order chi connectivity index (χ0) is 24.4. The minimum Gasteiger partial charge on any atom is -0.222 e. The zero-order valence-corrected chi connectivity index (χ0v) is 17.9. The molecule has 0 radical (unpaired) electrons. The van der Waals surface area contributed by atoms with E-state index in [1.165, 1.54) is 6.07 Å². The average molecular weight is 480 g/mol. The van der Waals surface area contributed by atoms with Crippen molar-refractivity contribution in [1.29, 1.82) is 0 Å². The molecule has 182 valence electrons. The van der Waals surface area contributed by atoms with E-state index in [0.29, 0.717) is 18.1 Å². The number of hydrogen-bond acceptors (Lipinski definition) is 1. The number of benzene rings is 2. The minimum absolute atomic E-state index is 0.0301. The Balaban J connectivity index is 1.69. The molecule has 0 atom stereocenters. The first-order chi connectivity index (χ1) is 15.4. The van der Waals surface area contributed by atoms with Gasteiger partial charge in [0, 0.05) is 0 Å². The Morgan fingerprint density at radius 3 is 1.94 bits per heavy atom. The summed E-state index contributed by atoms with van der Waals surface area (Å²) in [5, 5.41) is 0. The zero-order valence-electron chi connectivity index (χ0n) is 17.9. The summed E-state index contributed by atoms with van der Waals surface area (Å²) in [5.74, 6) is -3.23. The van der Waals surface area contributed by atoms with Gasteiger partial charge < -0.3 is 0 Å². The Morgan fingerprint density at radius 2 is 1.42 bits per heavy atom. The molecule has 1 fully saturated rings. The maximum Gasteiger partial charge on any atom is 0.527 e. The second-order valence-electron chi connectivity index (χ2n) is 8.48. The van der Waals surface area contributed by atoms with E-state index in [4.69, 9.17) is 0 Å². The molecule has 1 nitrogen and oxygen atoms in total. The van der Waals surface area contributed by atoms with Crippen molar-refractivity contribution in [3.05, 3.63) is 70.0 Å². The maximum absolute atomic E-state index is 14.6. The van der Waals surface area contributed by atoms with Crippen molar-refractivity contribution in [2.45, 2.75) is 70.3 Å². The molecule has 0 spiro atoms. The lowest BCUT2D eigenvalue weighted by Gasteiger charge is -2.28. The maximum atomic E-state index is 14.6. The third-order valence-electron chi connectivity index (χ3n) is 6.29. The second kappa shape index (κ2) is 9.99. The summed E-state index contributed by atoms with van der Waals surface area (Å²) < 4.78 is 109. The predicted octanol–water partition coefficient (Wildman–Crippen LogP) is 8.16. The number of hydrogen-bond donors (Lipinski definition) is 0. The van der Waals surface area contributed by atoms with Gasteiger partial charge in [0.25, 0.3) is 0 Å². The molecule has 3 rings (SSSR count). The van der Waals surface area contributed by atoms with Crippen molar-refractivity contribution in [2.24, 2.45) is 5.92 Å². The van der Waals surface area contributed by atoms with Gasteiger partial charge in [0.2, 0.25) is 0 Å². The highest BCUT2D eigenvalue weighted by molar-refractivity contribution is 5.31. The molecule has 0 saturated heterocycles. The van der Waals surface area contributed by atoms with Crippen LogP contribution in [0.4, 0.5) is 35.1 Å². The fourth-order valence-electron chi connectivity index (χ4n) is 4.45. The van der Waals surface area contributed by atoms with E-state index in [1.807, 2.05) is 6.07 Å². The van der Waals surface area contributed by atoms with E-state index >= 15 is 0 Å². The Kier molecular flexibility index (Phi) is 7.71. The molecular formula is C24H24F8O. The van der Waals surface area contributed by atoms with Crippen LogP contribution in [0.2, 0.25) is 0 Å². The standard InChI is InChI=1S/C24H24F8O/c1-2-14-3-6-16(7-4-14)18-10-9-17(19(25)13-18)8-5-15-11-20(26)22(21(27)12-15)23(28,29)33-24(30,31)32/h9-14,16H,2-8H2,1H3. The van der Waals surface area contributed by atoms with E-state index in [2.05, 4.69) is 11.7 Å². The highest BCUT2D eigenvalue weighted by Crippen LogP contribution is 2.40. The molecule has 0 unspecified atom stereocenters. The van der Waals surface area contributed by atoms with Crippen LogP contribution in [0.1, 0.15) is 67.2 Å². The molecule has 33 heavy (non-hydrogen) atoms. The summed E-state index contributed by atoms with van der Waals surface area (Å²) in [4.78, 5) is 0. The first kappa shape index (κ1) is 25.5. The number of alkyl halides is 5. The topological polar surface area (TPSA) is 9.23 Å². The van der Waals surface area contributed by atoms with Crippen molar-refractivity contribution in [2.75, 3.05) is 0 Å². The molecule has 9 heteroatoms. The van der Waals surface area contributed by atoms with Crippen LogP contribution in [0.25, 0.3) is 0 Å². The van der Waals surface area contributed by atoms with Gasteiger partial charge in [-0.25, -0.2) is 17.9 Å². The van der Waals surface area contributed by atoms with Crippen LogP contribution in [0.3, 0.4) is 0 Å². The van der Waals surface area contributed by atoms with Crippen molar-refractivity contribution >= 4 is 0 Å². The summed E-state index contributed by atoms with van der Waals surface area (Å²) in [6.07, 6.45) is -5.77. The number of aryl methyl sites for hydroxylation is 2. The van der Waals surface area contributed by atoms with Gasteiger partial charge in [-0.2, -0.15) is 8.78 Å². The number of rotatable bonds is 7. The van der Waals surface area contributed by atoms with Crippen molar-refractivity contribution < 1.29 is 39.9 Å². The SMILES string of the molecule is CCC1CCC(c2ccc(CCc3cc(F)c(C(F)(F)OC(F)(F)F)c(F)c3)c(F)c2)CC1. The number of halogens is 8. The molecule has 0 heterocycles. The lowest BCUT2D eigenvalue weighted by atomic mass is 9.77. The molecule has 0 aromatic heterocycles. The van der Waals surface area contributed by atoms with E-state index in [9.17, 15) is 35.1 Å². The van der Waals surface area contributed by atoms with Gasteiger partial charge in [-0.3, -0.25) is 0 Å². The highest BCUT2D eigenvalue weighted by Gasteiger charge is 2.49. The molecule has 1 aliphatic rings. The molecule has 1 aliphatic carbocycles. The fourth-order valence-corrected chi connectivity index (χ4v) is 4.45. The van der Waals surface area contributed by atoms with Crippen LogP contribution in [0.15, 0.2) is 30.3 Å². The predicted molar refractivity (Wildman–Crippen MR) is 106 cm³/mol. The largest absolute Gasteiger partial charge is 0.527 e. The molecule has 0 N–H and O–H groups in total. The van der Waals surface area contributed by atoms with Gasteiger partial charge in [0.1, 0.15) is 23.0 Å². The quantitative estimate of drug-likeness (QED) is 0.363. The van der Waals surface area contributed by atoms with Crippen LogP contribution in [-0.4, -0.2) is 6.36 Å². The fraction of sp³-hybridized carbons (Fsp3) is 0.500. The van der Waals surface area contributed by atoms with Crippen molar-refractivity contribution in [1.82, 2.24) is 0 Å². The average Bonchev–Trinajstić information content (AvgIpc) is 2.70. The van der Waals surface area contributed by atoms with Gasteiger partial charge >= 0.3 is 12.5 Å². The summed E-state index contributed by atoms with van der Waals surface area (Å²) in [6, 6.07) is 5.90. The van der Waals surface area contributed by atoms with Crippen LogP contribution < -0.4 is 0 Å². The van der Waals surface area contributed by atoms with E-state index < -0.39 is 35.5 Å². The second-order valence-corrected chi connectivity index (χ2v) is 8.48. The molecular weight excluding hydrogens is 456 g/mol. The van der Waals surface area contributed by atoms with Gasteiger partial charge in [0.15, 0.2) is 0 Å². The van der Waals surface area contributed by atoms with E-state index in [1.54, 1.807) is 6.07 Å². The molecule has 0 aliphatic heterocycles. The van der Waals surface area contributed by atoms with E-state index in [0.717, 1.165) is 37.7 Å². The summed E-state index contributed by atoms with van der Waals surface area (Å²) in [5.41, 5.74) is -1.04. The van der Waals surface area contributed by atoms with Crippen LogP contribution in [0, 0.1) is 23.4 Å². The van der Waals surface area contributed by atoms with Crippen LogP contribution >= 0.6 is 0 Å². The smallest absolute Gasteiger partial charge is 0.222 e. The first-order valence-electron chi connectivity index (χ1n) is 10.8. The molecule has 2 aromatic carbocycles. The molecule has 0 amide bonds. The Hall–Kier alpha value is -2.16. The van der Waals surface area contributed by atoms with Gasteiger partial charge in [-0.15, -0.1) is 13.2 Å². The third-order valence-corrected chi connectivity index (χ3v) is 6.29. The van der Waals surface area contributed by atoms with Crippen LogP contribution in [-0.2, 0) is 23.7 Å².